The van der Waals surface area contributed by atoms with E-state index in [0.29, 0.717) is 12.1 Å². The monoisotopic (exact) mass is 216 g/mol. The highest BCUT2D eigenvalue weighted by Gasteiger charge is 2.43. The summed E-state index contributed by atoms with van der Waals surface area (Å²) in [4.78, 5) is 6.10. The van der Waals surface area contributed by atoms with Crippen molar-refractivity contribution in [3.05, 3.63) is 18.5 Å². The quantitative estimate of drug-likeness (QED) is 0.833. The van der Waals surface area contributed by atoms with Crippen LogP contribution in [0.1, 0.15) is 19.3 Å². The van der Waals surface area contributed by atoms with Gasteiger partial charge in [-0.25, -0.2) is 0 Å². The fourth-order valence-electron chi connectivity index (χ4n) is 2.07. The molecule has 0 aromatic carbocycles. The third kappa shape index (κ3) is 2.08. The molecule has 1 aliphatic rings. The van der Waals surface area contributed by atoms with E-state index in [1.807, 2.05) is 13.1 Å². The molecule has 0 bridgehead atoms. The van der Waals surface area contributed by atoms with E-state index in [1.54, 1.807) is 12.4 Å². The second kappa shape index (κ2) is 4.01. The maximum Gasteiger partial charge on any atom is 0.0738 e. The van der Waals surface area contributed by atoms with Gasteiger partial charge in [-0.15, -0.1) is 0 Å². The first-order chi connectivity index (χ1) is 7.67. The SMILES string of the molecule is CN(CC1(CC#N)CC1)c1ccncc1N. The van der Waals surface area contributed by atoms with E-state index >= 15 is 0 Å². The molecule has 1 aromatic rings. The van der Waals surface area contributed by atoms with E-state index < -0.39 is 0 Å². The Balaban J connectivity index is 2.07. The molecule has 1 aliphatic carbocycles. The Labute approximate surface area is 95.7 Å². The lowest BCUT2D eigenvalue weighted by Crippen LogP contribution is -2.27. The lowest BCUT2D eigenvalue weighted by Gasteiger charge is -2.25. The molecule has 0 atom stereocenters. The fraction of sp³-hybridized carbons (Fsp3) is 0.500. The lowest BCUT2D eigenvalue weighted by atomic mass is 10.0. The molecule has 0 amide bonds. The number of hydrogen-bond donors (Lipinski definition) is 1. The topological polar surface area (TPSA) is 65.9 Å². The van der Waals surface area contributed by atoms with Gasteiger partial charge in [0.25, 0.3) is 0 Å². The van der Waals surface area contributed by atoms with Gasteiger partial charge in [-0.05, 0) is 18.9 Å². The van der Waals surface area contributed by atoms with Crippen molar-refractivity contribution in [1.82, 2.24) is 4.98 Å². The molecule has 0 aliphatic heterocycles. The predicted octanol–water partition coefficient (Wildman–Crippen LogP) is 1.79. The van der Waals surface area contributed by atoms with Crippen LogP contribution in [0.5, 0.6) is 0 Å². The molecule has 1 fully saturated rings. The number of anilines is 2. The average Bonchev–Trinajstić information content (AvgIpc) is 2.99. The van der Waals surface area contributed by atoms with Crippen molar-refractivity contribution in [2.75, 3.05) is 24.2 Å². The van der Waals surface area contributed by atoms with Crippen molar-refractivity contribution in [2.45, 2.75) is 19.3 Å². The van der Waals surface area contributed by atoms with Crippen LogP contribution in [-0.4, -0.2) is 18.6 Å². The van der Waals surface area contributed by atoms with E-state index in [0.717, 1.165) is 25.1 Å². The molecule has 0 saturated heterocycles. The minimum absolute atomic E-state index is 0.208. The van der Waals surface area contributed by atoms with E-state index in [4.69, 9.17) is 11.0 Å². The summed E-state index contributed by atoms with van der Waals surface area (Å²) < 4.78 is 0. The molecule has 1 saturated carbocycles. The molecule has 0 unspecified atom stereocenters. The second-order valence-electron chi connectivity index (χ2n) is 4.63. The number of hydrogen-bond acceptors (Lipinski definition) is 4. The van der Waals surface area contributed by atoms with Gasteiger partial charge in [-0.1, -0.05) is 0 Å². The Kier molecular flexibility index (Phi) is 2.69. The van der Waals surface area contributed by atoms with Crippen molar-refractivity contribution >= 4 is 11.4 Å². The minimum atomic E-state index is 0.208. The number of aromatic nitrogens is 1. The predicted molar refractivity (Wildman–Crippen MR) is 63.8 cm³/mol. The third-order valence-electron chi connectivity index (χ3n) is 3.22. The molecule has 2 N–H and O–H groups in total. The van der Waals surface area contributed by atoms with Gasteiger partial charge in [-0.3, -0.25) is 4.98 Å². The molecule has 4 heteroatoms. The Morgan fingerprint density at radius 2 is 2.38 bits per heavy atom. The van der Waals surface area contributed by atoms with Crippen LogP contribution >= 0.6 is 0 Å². The van der Waals surface area contributed by atoms with Crippen LogP contribution in [0.15, 0.2) is 18.5 Å². The summed E-state index contributed by atoms with van der Waals surface area (Å²) in [5.74, 6) is 0. The highest BCUT2D eigenvalue weighted by Crippen LogP contribution is 2.49. The van der Waals surface area contributed by atoms with Crippen molar-refractivity contribution in [1.29, 1.82) is 5.26 Å². The second-order valence-corrected chi connectivity index (χ2v) is 4.63. The number of nitrogens with zero attached hydrogens (tertiary/aromatic N) is 3. The normalized spacial score (nSPS) is 16.5. The van der Waals surface area contributed by atoms with Crippen LogP contribution in [0.4, 0.5) is 11.4 Å². The van der Waals surface area contributed by atoms with E-state index in [-0.39, 0.29) is 5.41 Å². The fourth-order valence-corrected chi connectivity index (χ4v) is 2.07. The largest absolute Gasteiger partial charge is 0.396 e. The number of nitrogens with two attached hydrogens (primary N) is 1. The van der Waals surface area contributed by atoms with E-state index in [1.165, 1.54) is 0 Å². The van der Waals surface area contributed by atoms with Gasteiger partial charge >= 0.3 is 0 Å². The Morgan fingerprint density at radius 1 is 1.62 bits per heavy atom. The molecule has 4 nitrogen and oxygen atoms in total. The summed E-state index contributed by atoms with van der Waals surface area (Å²) in [5, 5.41) is 8.78. The zero-order valence-corrected chi connectivity index (χ0v) is 9.48. The Hall–Kier alpha value is -1.76. The summed E-state index contributed by atoms with van der Waals surface area (Å²) in [7, 11) is 2.02. The molecule has 0 spiro atoms. The van der Waals surface area contributed by atoms with E-state index in [9.17, 15) is 0 Å². The molecule has 0 radical (unpaired) electrons. The highest BCUT2D eigenvalue weighted by molar-refractivity contribution is 5.65. The van der Waals surface area contributed by atoms with Crippen LogP contribution in [0, 0.1) is 16.7 Å². The first-order valence-electron chi connectivity index (χ1n) is 5.44. The van der Waals surface area contributed by atoms with Gasteiger partial charge in [0.05, 0.1) is 23.6 Å². The van der Waals surface area contributed by atoms with Crippen LogP contribution < -0.4 is 10.6 Å². The van der Waals surface area contributed by atoms with Crippen molar-refractivity contribution < 1.29 is 0 Å². The van der Waals surface area contributed by atoms with Gasteiger partial charge < -0.3 is 10.6 Å². The number of pyridine rings is 1. The molecule has 2 rings (SSSR count). The van der Waals surface area contributed by atoms with Crippen molar-refractivity contribution in [2.24, 2.45) is 5.41 Å². The molecular formula is C12H16N4. The number of rotatable bonds is 4. The van der Waals surface area contributed by atoms with Gasteiger partial charge in [0.2, 0.25) is 0 Å². The van der Waals surface area contributed by atoms with Crippen LogP contribution in [0.2, 0.25) is 0 Å². The Morgan fingerprint density at radius 3 is 2.94 bits per heavy atom. The lowest BCUT2D eigenvalue weighted by molar-refractivity contribution is 0.524. The molecule has 84 valence electrons. The van der Waals surface area contributed by atoms with Crippen LogP contribution in [0.25, 0.3) is 0 Å². The smallest absolute Gasteiger partial charge is 0.0738 e. The summed E-state index contributed by atoms with van der Waals surface area (Å²) in [6.45, 7) is 0.898. The van der Waals surface area contributed by atoms with Crippen LogP contribution in [0.3, 0.4) is 0 Å². The number of nitrogen functional groups attached to an aromatic ring is 1. The standard InChI is InChI=1S/C12H16N4/c1-16(9-12(3-4-12)5-6-13)11-2-7-15-8-10(11)14/h2,7-8H,3-5,9,14H2,1H3. The zero-order valence-electron chi connectivity index (χ0n) is 9.48. The van der Waals surface area contributed by atoms with Gasteiger partial charge in [0, 0.05) is 31.6 Å². The minimum Gasteiger partial charge on any atom is -0.396 e. The molecule has 1 heterocycles. The summed E-state index contributed by atoms with van der Waals surface area (Å²) in [5.41, 5.74) is 7.76. The first kappa shape index (κ1) is 10.7. The van der Waals surface area contributed by atoms with Gasteiger partial charge in [-0.2, -0.15) is 5.26 Å². The van der Waals surface area contributed by atoms with Crippen molar-refractivity contribution in [3.8, 4) is 6.07 Å². The summed E-state index contributed by atoms with van der Waals surface area (Å²) >= 11 is 0. The molecule has 16 heavy (non-hydrogen) atoms. The molecular weight excluding hydrogens is 200 g/mol. The maximum atomic E-state index is 8.78. The van der Waals surface area contributed by atoms with Gasteiger partial charge in [0.1, 0.15) is 0 Å². The van der Waals surface area contributed by atoms with Crippen molar-refractivity contribution in [3.63, 3.8) is 0 Å². The van der Waals surface area contributed by atoms with Crippen LogP contribution in [-0.2, 0) is 0 Å². The average molecular weight is 216 g/mol. The number of nitriles is 1. The maximum absolute atomic E-state index is 8.78. The van der Waals surface area contributed by atoms with Gasteiger partial charge in [0.15, 0.2) is 0 Å². The molecule has 1 aromatic heterocycles. The third-order valence-corrected chi connectivity index (χ3v) is 3.22. The summed E-state index contributed by atoms with van der Waals surface area (Å²) in [6.07, 6.45) is 6.34. The Bertz CT molecular complexity index is 417. The summed E-state index contributed by atoms with van der Waals surface area (Å²) in [6, 6.07) is 4.19. The van der Waals surface area contributed by atoms with E-state index in [2.05, 4.69) is 16.0 Å². The first-order valence-corrected chi connectivity index (χ1v) is 5.44. The highest BCUT2D eigenvalue weighted by atomic mass is 15.1. The zero-order chi connectivity index (χ0) is 11.6.